The third-order valence-electron chi connectivity index (χ3n) is 5.80. The average molecular weight is 455 g/mol. The van der Waals surface area contributed by atoms with Gasteiger partial charge in [0.1, 0.15) is 0 Å². The van der Waals surface area contributed by atoms with Crippen LogP contribution < -0.4 is 4.74 Å². The van der Waals surface area contributed by atoms with Crippen molar-refractivity contribution in [1.82, 2.24) is 9.97 Å². The van der Waals surface area contributed by atoms with E-state index >= 15 is 0 Å². The van der Waals surface area contributed by atoms with E-state index in [2.05, 4.69) is 41.2 Å². The van der Waals surface area contributed by atoms with Crippen LogP contribution in [0, 0.1) is 0 Å². The van der Waals surface area contributed by atoms with Gasteiger partial charge in [0.15, 0.2) is 11.6 Å². The molecule has 0 N–H and O–H groups in total. The van der Waals surface area contributed by atoms with Crippen LogP contribution >= 0.6 is 0 Å². The number of nitrogens with zero attached hydrogens (tertiary/aromatic N) is 2. The molecular formula is C28H42N2O3. The second-order valence-corrected chi connectivity index (χ2v) is 8.81. The fourth-order valence-corrected chi connectivity index (χ4v) is 3.75. The van der Waals surface area contributed by atoms with Crippen LogP contribution in [-0.4, -0.2) is 28.6 Å². The van der Waals surface area contributed by atoms with E-state index in [0.29, 0.717) is 12.2 Å². The van der Waals surface area contributed by atoms with Gasteiger partial charge in [-0.05, 0) is 38.2 Å². The van der Waals surface area contributed by atoms with E-state index in [9.17, 15) is 4.79 Å². The van der Waals surface area contributed by atoms with Crippen molar-refractivity contribution in [2.45, 2.75) is 104 Å². The molecule has 1 unspecified atom stereocenters. The summed E-state index contributed by atoms with van der Waals surface area (Å²) in [5, 5.41) is 0. The first kappa shape index (κ1) is 26.8. The molecule has 1 aromatic carbocycles. The van der Waals surface area contributed by atoms with Crippen molar-refractivity contribution >= 4 is 5.97 Å². The van der Waals surface area contributed by atoms with Crippen LogP contribution in [0.25, 0.3) is 11.4 Å². The lowest BCUT2D eigenvalue weighted by molar-refractivity contribution is -0.148. The molecule has 0 spiro atoms. The zero-order valence-corrected chi connectivity index (χ0v) is 20.9. The molecule has 1 atom stereocenters. The summed E-state index contributed by atoms with van der Waals surface area (Å²) in [7, 11) is 0. The minimum atomic E-state index is -0.128. The zero-order chi connectivity index (χ0) is 23.7. The monoisotopic (exact) mass is 454 g/mol. The van der Waals surface area contributed by atoms with Gasteiger partial charge in [0, 0.05) is 12.0 Å². The molecule has 5 heteroatoms. The lowest BCUT2D eigenvalue weighted by atomic mass is 10.0. The lowest BCUT2D eigenvalue weighted by Crippen LogP contribution is -2.14. The van der Waals surface area contributed by atoms with Crippen LogP contribution in [0.1, 0.15) is 97.0 Å². The van der Waals surface area contributed by atoms with Crippen molar-refractivity contribution in [1.29, 1.82) is 0 Å². The maximum absolute atomic E-state index is 11.3. The van der Waals surface area contributed by atoms with Crippen molar-refractivity contribution in [3.05, 3.63) is 42.2 Å². The molecule has 1 heterocycles. The summed E-state index contributed by atoms with van der Waals surface area (Å²) in [6.07, 6.45) is 17.1. The molecular weight excluding hydrogens is 412 g/mol. The summed E-state index contributed by atoms with van der Waals surface area (Å²) in [4.78, 5) is 20.3. The predicted molar refractivity (Wildman–Crippen MR) is 134 cm³/mol. The Labute approximate surface area is 200 Å². The number of esters is 1. The second-order valence-electron chi connectivity index (χ2n) is 8.81. The summed E-state index contributed by atoms with van der Waals surface area (Å²) >= 11 is 0. The molecule has 2 aromatic rings. The molecule has 0 aliphatic carbocycles. The molecule has 33 heavy (non-hydrogen) atoms. The highest BCUT2D eigenvalue weighted by Gasteiger charge is 2.08. The summed E-state index contributed by atoms with van der Waals surface area (Å²) in [6.45, 7) is 6.75. The van der Waals surface area contributed by atoms with E-state index in [-0.39, 0.29) is 12.1 Å². The largest absolute Gasteiger partial charge is 0.490 e. The Morgan fingerprint density at radius 2 is 1.52 bits per heavy atom. The topological polar surface area (TPSA) is 61.3 Å². The number of aryl methyl sites for hydroxylation is 1. The van der Waals surface area contributed by atoms with Crippen molar-refractivity contribution in [2.75, 3.05) is 6.61 Å². The third kappa shape index (κ3) is 11.3. The highest BCUT2D eigenvalue weighted by atomic mass is 16.5. The number of carbonyl (C=O) groups is 1. The molecule has 182 valence electrons. The molecule has 2 rings (SSSR count). The van der Waals surface area contributed by atoms with Crippen molar-refractivity contribution in [3.63, 3.8) is 0 Å². The molecule has 0 saturated heterocycles. The number of unbranched alkanes of at least 4 members (excludes halogenated alkanes) is 7. The first-order valence-corrected chi connectivity index (χ1v) is 12.9. The SMILES string of the molecule is CCCCCCCCCCOc1cnc(-c2ccc(CCCC(C)OC(=O)CC)cc2)nc1. The van der Waals surface area contributed by atoms with Crippen LogP contribution in [0.3, 0.4) is 0 Å². The standard InChI is InChI=1S/C28H42N2O3/c1-4-6-7-8-9-10-11-12-20-32-26-21-29-28(30-22-26)25-18-16-24(17-19-25)15-13-14-23(3)33-27(31)5-2/h16-19,21-23H,4-15,20H2,1-3H3. The molecule has 1 aromatic heterocycles. The third-order valence-corrected chi connectivity index (χ3v) is 5.80. The van der Waals surface area contributed by atoms with Crippen molar-refractivity contribution in [2.24, 2.45) is 0 Å². The Hall–Kier alpha value is -2.43. The van der Waals surface area contributed by atoms with Crippen LogP contribution in [0.4, 0.5) is 0 Å². The maximum Gasteiger partial charge on any atom is 0.305 e. The normalized spacial score (nSPS) is 11.8. The number of hydrogen-bond acceptors (Lipinski definition) is 5. The first-order valence-electron chi connectivity index (χ1n) is 12.9. The molecule has 0 radical (unpaired) electrons. The van der Waals surface area contributed by atoms with Gasteiger partial charge in [-0.25, -0.2) is 9.97 Å². The van der Waals surface area contributed by atoms with Crippen LogP contribution in [0.15, 0.2) is 36.7 Å². The zero-order valence-electron chi connectivity index (χ0n) is 20.9. The van der Waals surface area contributed by atoms with E-state index in [1.165, 1.54) is 50.5 Å². The summed E-state index contributed by atoms with van der Waals surface area (Å²) in [5.41, 5.74) is 2.26. The smallest absolute Gasteiger partial charge is 0.305 e. The summed E-state index contributed by atoms with van der Waals surface area (Å²) in [6, 6.07) is 8.36. The van der Waals surface area contributed by atoms with Gasteiger partial charge in [0.25, 0.3) is 0 Å². The van der Waals surface area contributed by atoms with E-state index in [4.69, 9.17) is 9.47 Å². The highest BCUT2D eigenvalue weighted by Crippen LogP contribution is 2.19. The number of carbonyl (C=O) groups excluding carboxylic acids is 1. The minimum Gasteiger partial charge on any atom is -0.490 e. The fraction of sp³-hybridized carbons (Fsp3) is 0.607. The Bertz CT molecular complexity index is 775. The van der Waals surface area contributed by atoms with Gasteiger partial charge in [-0.15, -0.1) is 0 Å². The second kappa shape index (κ2) is 16.2. The van der Waals surface area contributed by atoms with Crippen LogP contribution in [-0.2, 0) is 16.0 Å². The number of ether oxygens (including phenoxy) is 2. The van der Waals surface area contributed by atoms with Crippen LogP contribution in [0.5, 0.6) is 5.75 Å². The molecule has 0 aliphatic heterocycles. The van der Waals surface area contributed by atoms with Gasteiger partial charge in [-0.2, -0.15) is 0 Å². The molecule has 0 saturated carbocycles. The Kier molecular flexibility index (Phi) is 13.2. The van der Waals surface area contributed by atoms with Gasteiger partial charge in [0.2, 0.25) is 0 Å². The van der Waals surface area contributed by atoms with Gasteiger partial charge in [-0.1, -0.05) is 83.1 Å². The summed E-state index contributed by atoms with van der Waals surface area (Å²) in [5.74, 6) is 1.31. The molecule has 0 bridgehead atoms. The van der Waals surface area contributed by atoms with Gasteiger partial charge in [0.05, 0.1) is 25.1 Å². The maximum atomic E-state index is 11.3. The minimum absolute atomic E-state index is 0.0265. The quantitative estimate of drug-likeness (QED) is 0.185. The number of benzene rings is 1. The number of rotatable bonds is 17. The predicted octanol–water partition coefficient (Wildman–Crippen LogP) is 7.33. The van der Waals surface area contributed by atoms with E-state index in [1.807, 2.05) is 13.8 Å². The fourth-order valence-electron chi connectivity index (χ4n) is 3.75. The van der Waals surface area contributed by atoms with E-state index in [0.717, 1.165) is 43.6 Å². The molecule has 0 amide bonds. The van der Waals surface area contributed by atoms with Crippen LogP contribution in [0.2, 0.25) is 0 Å². The number of hydrogen-bond donors (Lipinski definition) is 0. The van der Waals surface area contributed by atoms with Gasteiger partial charge < -0.3 is 9.47 Å². The summed E-state index contributed by atoms with van der Waals surface area (Å²) < 4.78 is 11.1. The van der Waals surface area contributed by atoms with Crippen molar-refractivity contribution < 1.29 is 14.3 Å². The average Bonchev–Trinajstić information content (AvgIpc) is 2.84. The first-order chi connectivity index (χ1) is 16.1. The Balaban J connectivity index is 1.66. The van der Waals surface area contributed by atoms with E-state index < -0.39 is 0 Å². The molecule has 0 aliphatic rings. The molecule has 0 fully saturated rings. The lowest BCUT2D eigenvalue weighted by Gasteiger charge is -2.12. The molecule has 5 nitrogen and oxygen atoms in total. The highest BCUT2D eigenvalue weighted by molar-refractivity contribution is 5.69. The number of aromatic nitrogens is 2. The Morgan fingerprint density at radius 3 is 2.15 bits per heavy atom. The van der Waals surface area contributed by atoms with Crippen molar-refractivity contribution in [3.8, 4) is 17.1 Å². The Morgan fingerprint density at radius 1 is 0.879 bits per heavy atom. The van der Waals surface area contributed by atoms with E-state index in [1.54, 1.807) is 12.4 Å². The van der Waals surface area contributed by atoms with Gasteiger partial charge >= 0.3 is 5.97 Å². The van der Waals surface area contributed by atoms with Gasteiger partial charge in [-0.3, -0.25) is 4.79 Å².